The molecule has 0 aliphatic heterocycles. The van der Waals surface area contributed by atoms with E-state index in [9.17, 15) is 0 Å². The van der Waals surface area contributed by atoms with Gasteiger partial charge in [0.15, 0.2) is 0 Å². The molecular weight excluding hydrogens is 187 g/mol. The van der Waals surface area contributed by atoms with Gasteiger partial charge in [0.25, 0.3) is 0 Å². The van der Waals surface area contributed by atoms with E-state index in [1.165, 1.54) is 11.1 Å². The number of rotatable bonds is 2. The first-order chi connectivity index (χ1) is 5.24. The van der Waals surface area contributed by atoms with E-state index in [0.717, 1.165) is 12.2 Å². The van der Waals surface area contributed by atoms with Crippen LogP contribution in [0.1, 0.15) is 11.1 Å². The van der Waals surface area contributed by atoms with Crippen molar-refractivity contribution in [3.8, 4) is 0 Å². The summed E-state index contributed by atoms with van der Waals surface area (Å²) in [5, 5.41) is 3.07. The van der Waals surface area contributed by atoms with Crippen molar-refractivity contribution in [2.75, 3.05) is 12.8 Å². The molecule has 3 N–H and O–H groups in total. The molecular formula is C9H14N2V. The van der Waals surface area contributed by atoms with Gasteiger partial charge < -0.3 is 11.1 Å². The molecule has 1 aromatic carbocycles. The van der Waals surface area contributed by atoms with Crippen LogP contribution in [0.4, 0.5) is 5.69 Å². The van der Waals surface area contributed by atoms with Crippen LogP contribution in [0.2, 0.25) is 0 Å². The fourth-order valence-electron chi connectivity index (χ4n) is 1.08. The zero-order chi connectivity index (χ0) is 8.27. The molecule has 0 amide bonds. The third kappa shape index (κ3) is 2.90. The Kier molecular flexibility index (Phi) is 5.06. The summed E-state index contributed by atoms with van der Waals surface area (Å²) in [5.41, 5.74) is 9.03. The smallest absolute Gasteiger partial charge is 0.0359 e. The van der Waals surface area contributed by atoms with Gasteiger partial charge in [-0.05, 0) is 25.6 Å². The third-order valence-electron chi connectivity index (χ3n) is 1.67. The molecule has 1 radical (unpaired) electrons. The van der Waals surface area contributed by atoms with Gasteiger partial charge in [0.2, 0.25) is 0 Å². The topological polar surface area (TPSA) is 38.0 Å². The number of hydrogen-bond acceptors (Lipinski definition) is 2. The maximum Gasteiger partial charge on any atom is 0.0359 e. The first-order valence-electron chi connectivity index (χ1n) is 3.73. The summed E-state index contributed by atoms with van der Waals surface area (Å²) >= 11 is 0. The second-order valence-electron chi connectivity index (χ2n) is 2.73. The molecule has 2 nitrogen and oxygen atoms in total. The van der Waals surface area contributed by atoms with Crippen LogP contribution in [0.15, 0.2) is 18.2 Å². The molecule has 0 fully saturated rings. The fourth-order valence-corrected chi connectivity index (χ4v) is 1.08. The van der Waals surface area contributed by atoms with Crippen molar-refractivity contribution in [3.05, 3.63) is 29.3 Å². The molecule has 65 valence electrons. The van der Waals surface area contributed by atoms with E-state index in [0.29, 0.717) is 0 Å². The average molecular weight is 201 g/mol. The Morgan fingerprint density at radius 2 is 2.08 bits per heavy atom. The maximum atomic E-state index is 5.74. The molecule has 0 aliphatic carbocycles. The Balaban J connectivity index is 0.00000121. The zero-order valence-corrected chi connectivity index (χ0v) is 8.86. The molecule has 0 aromatic heterocycles. The monoisotopic (exact) mass is 201 g/mol. The summed E-state index contributed by atoms with van der Waals surface area (Å²) in [6.07, 6.45) is 0. The van der Waals surface area contributed by atoms with Gasteiger partial charge >= 0.3 is 0 Å². The summed E-state index contributed by atoms with van der Waals surface area (Å²) in [6, 6.07) is 6.07. The SMILES string of the molecule is CNCc1cc(C)ccc1N.[V]. The predicted octanol–water partition coefficient (Wildman–Crippen LogP) is 1.29. The number of nitrogens with one attached hydrogen (secondary N) is 1. The number of hydrogen-bond donors (Lipinski definition) is 2. The van der Waals surface area contributed by atoms with Gasteiger partial charge in [0, 0.05) is 30.8 Å². The van der Waals surface area contributed by atoms with E-state index < -0.39 is 0 Å². The Labute approximate surface area is 85.4 Å². The first-order valence-corrected chi connectivity index (χ1v) is 3.73. The predicted molar refractivity (Wildman–Crippen MR) is 48.4 cm³/mol. The van der Waals surface area contributed by atoms with E-state index in [1.54, 1.807) is 0 Å². The normalized spacial score (nSPS) is 9.17. The Morgan fingerprint density at radius 1 is 1.42 bits per heavy atom. The van der Waals surface area contributed by atoms with Gasteiger partial charge in [0.1, 0.15) is 0 Å². The van der Waals surface area contributed by atoms with E-state index >= 15 is 0 Å². The van der Waals surface area contributed by atoms with Crippen molar-refractivity contribution in [2.45, 2.75) is 13.5 Å². The van der Waals surface area contributed by atoms with Crippen LogP contribution in [0.5, 0.6) is 0 Å². The summed E-state index contributed by atoms with van der Waals surface area (Å²) in [4.78, 5) is 0. The number of anilines is 1. The minimum absolute atomic E-state index is 0. The first kappa shape index (κ1) is 11.6. The van der Waals surface area contributed by atoms with Crippen molar-refractivity contribution >= 4 is 5.69 Å². The summed E-state index contributed by atoms with van der Waals surface area (Å²) in [7, 11) is 1.92. The molecule has 1 rings (SSSR count). The molecule has 0 heterocycles. The Hall–Kier alpha value is -0.436. The van der Waals surface area contributed by atoms with Crippen LogP contribution in [0.25, 0.3) is 0 Å². The molecule has 0 bridgehead atoms. The van der Waals surface area contributed by atoms with Gasteiger partial charge in [-0.15, -0.1) is 0 Å². The molecule has 0 saturated heterocycles. The minimum Gasteiger partial charge on any atom is -0.398 e. The number of aryl methyl sites for hydroxylation is 1. The molecule has 0 spiro atoms. The zero-order valence-electron chi connectivity index (χ0n) is 7.46. The molecule has 0 saturated carbocycles. The van der Waals surface area contributed by atoms with Crippen LogP contribution >= 0.6 is 0 Å². The van der Waals surface area contributed by atoms with Crippen molar-refractivity contribution in [1.82, 2.24) is 5.32 Å². The van der Waals surface area contributed by atoms with Crippen molar-refractivity contribution < 1.29 is 18.6 Å². The summed E-state index contributed by atoms with van der Waals surface area (Å²) in [5.74, 6) is 0. The Morgan fingerprint density at radius 3 is 2.67 bits per heavy atom. The van der Waals surface area contributed by atoms with E-state index in [-0.39, 0.29) is 18.6 Å². The number of nitrogens with two attached hydrogens (primary N) is 1. The summed E-state index contributed by atoms with van der Waals surface area (Å²) in [6.45, 7) is 2.91. The van der Waals surface area contributed by atoms with Gasteiger partial charge in [0.05, 0.1) is 0 Å². The van der Waals surface area contributed by atoms with Crippen LogP contribution in [-0.2, 0) is 25.1 Å². The van der Waals surface area contributed by atoms with Crippen LogP contribution in [-0.4, -0.2) is 7.05 Å². The largest absolute Gasteiger partial charge is 0.398 e. The standard InChI is InChI=1S/C9H14N2.V/c1-7-3-4-9(10)8(5-7)6-11-2;/h3-5,11H,6,10H2,1-2H3;. The van der Waals surface area contributed by atoms with Gasteiger partial charge in [-0.1, -0.05) is 17.7 Å². The van der Waals surface area contributed by atoms with Gasteiger partial charge in [-0.3, -0.25) is 0 Å². The maximum absolute atomic E-state index is 5.74. The van der Waals surface area contributed by atoms with Gasteiger partial charge in [-0.2, -0.15) is 0 Å². The van der Waals surface area contributed by atoms with Crippen molar-refractivity contribution in [1.29, 1.82) is 0 Å². The quantitative estimate of drug-likeness (QED) is 0.707. The second kappa shape index (κ2) is 5.25. The van der Waals surface area contributed by atoms with Crippen LogP contribution < -0.4 is 11.1 Å². The molecule has 1 aromatic rings. The Bertz CT molecular complexity index is 248. The average Bonchev–Trinajstić information content (AvgIpc) is 1.98. The molecule has 12 heavy (non-hydrogen) atoms. The summed E-state index contributed by atoms with van der Waals surface area (Å²) < 4.78 is 0. The minimum atomic E-state index is 0. The number of benzene rings is 1. The van der Waals surface area contributed by atoms with Crippen molar-refractivity contribution in [2.24, 2.45) is 0 Å². The molecule has 0 unspecified atom stereocenters. The van der Waals surface area contributed by atoms with Crippen molar-refractivity contribution in [3.63, 3.8) is 0 Å². The third-order valence-corrected chi connectivity index (χ3v) is 1.67. The van der Waals surface area contributed by atoms with E-state index in [4.69, 9.17) is 5.73 Å². The van der Waals surface area contributed by atoms with Gasteiger partial charge in [-0.25, -0.2) is 0 Å². The van der Waals surface area contributed by atoms with Crippen LogP contribution in [0.3, 0.4) is 0 Å². The second-order valence-corrected chi connectivity index (χ2v) is 2.73. The fraction of sp³-hybridized carbons (Fsp3) is 0.333. The molecule has 0 atom stereocenters. The van der Waals surface area contributed by atoms with E-state index in [2.05, 4.69) is 18.3 Å². The van der Waals surface area contributed by atoms with Crippen LogP contribution in [0, 0.1) is 6.92 Å². The molecule has 0 aliphatic rings. The van der Waals surface area contributed by atoms with E-state index in [1.807, 2.05) is 19.2 Å². The molecule has 3 heteroatoms. The number of nitrogen functional groups attached to an aromatic ring is 1.